The first-order valence-electron chi connectivity index (χ1n) is 19.1. The number of hydrogen-bond donors (Lipinski definition) is 1. The molecule has 1 unspecified atom stereocenters. The molecule has 13 heteroatoms. The van der Waals surface area contributed by atoms with Gasteiger partial charge in [0.05, 0.1) is 23.1 Å². The molecular formula is C43H45F4N5O4. The van der Waals surface area contributed by atoms with Gasteiger partial charge in [0.25, 0.3) is 0 Å². The number of nitrogens with zero attached hydrogens (tertiary/aromatic N) is 4. The van der Waals surface area contributed by atoms with E-state index in [9.17, 15) is 9.59 Å². The Balaban J connectivity index is 1.05. The second-order valence-corrected chi connectivity index (χ2v) is 17.1. The lowest BCUT2D eigenvalue weighted by Gasteiger charge is -2.35. The maximum atomic E-state index is 16.1. The number of aromatic nitrogens is 2. The van der Waals surface area contributed by atoms with Crippen molar-refractivity contribution in [2.24, 2.45) is 4.99 Å². The number of ether oxygens (including phenoxy) is 2. The average Bonchev–Trinajstić information content (AvgIpc) is 3.94. The number of allylic oxidation sites excluding steroid dienone is 1. The molecule has 9 nitrogen and oxygen atoms in total. The number of nitrogens with one attached hydrogen (secondary N) is 1. The quantitative estimate of drug-likeness (QED) is 0.208. The van der Waals surface area contributed by atoms with Crippen LogP contribution >= 0.6 is 0 Å². The van der Waals surface area contributed by atoms with Gasteiger partial charge in [-0.1, -0.05) is 30.3 Å². The summed E-state index contributed by atoms with van der Waals surface area (Å²) in [5, 5.41) is 0. The number of carbonyl (C=O) groups excluding carboxylic acids is 2. The van der Waals surface area contributed by atoms with Gasteiger partial charge < -0.3 is 14.5 Å². The Kier molecular flexibility index (Phi) is 8.89. The lowest BCUT2D eigenvalue weighted by molar-refractivity contribution is -0.225. The lowest BCUT2D eigenvalue weighted by atomic mass is 9.78. The van der Waals surface area contributed by atoms with Crippen LogP contribution in [0.1, 0.15) is 102 Å². The number of H-pyrrole nitrogens is 1. The fraction of sp³-hybridized carbons (Fsp3) is 0.442. The Morgan fingerprint density at radius 1 is 0.732 bits per heavy atom. The number of aliphatic imine (C=N–C) groups is 1. The third kappa shape index (κ3) is 6.62. The van der Waals surface area contributed by atoms with E-state index in [0.29, 0.717) is 77.2 Å². The molecule has 4 heterocycles. The molecule has 1 N–H and O–H groups in total. The first-order valence-corrected chi connectivity index (χ1v) is 19.1. The number of hydrogen-bond acceptors (Lipinski definition) is 6. The second kappa shape index (κ2) is 13.2. The first kappa shape index (κ1) is 37.7. The van der Waals surface area contributed by atoms with Crippen molar-refractivity contribution in [1.29, 1.82) is 0 Å². The summed E-state index contributed by atoms with van der Waals surface area (Å²) in [5.41, 5.74) is 1.11. The largest absolute Gasteiger partial charge is 0.444 e. The third-order valence-electron chi connectivity index (χ3n) is 10.8. The molecule has 2 atom stereocenters. The van der Waals surface area contributed by atoms with E-state index in [1.807, 2.05) is 20.8 Å². The zero-order valence-electron chi connectivity index (χ0n) is 32.3. The number of rotatable bonds is 4. The minimum atomic E-state index is -4.51. The number of alkyl halides is 4. The summed E-state index contributed by atoms with van der Waals surface area (Å²) in [6.07, 6.45) is 3.97. The molecule has 1 aliphatic carbocycles. The number of benzene rings is 3. The second-order valence-electron chi connectivity index (χ2n) is 17.1. The van der Waals surface area contributed by atoms with Crippen molar-refractivity contribution >= 4 is 34.5 Å². The van der Waals surface area contributed by atoms with Crippen LogP contribution in [0.25, 0.3) is 38.9 Å². The van der Waals surface area contributed by atoms with Crippen molar-refractivity contribution < 1.29 is 36.6 Å². The molecule has 4 aliphatic rings. The molecule has 0 radical (unpaired) electrons. The molecule has 0 saturated carbocycles. The summed E-state index contributed by atoms with van der Waals surface area (Å²) in [7, 11) is 0. The molecule has 56 heavy (non-hydrogen) atoms. The summed E-state index contributed by atoms with van der Waals surface area (Å²) in [5.74, 6) is -8.42. The average molecular weight is 772 g/mol. The first-order chi connectivity index (χ1) is 26.3. The standard InChI is InChI=1S/C43H45F4N5O4/c1-40(2,3)55-38(53)51-17-7-9-35(51)34-22-27(23-48-34)25-12-15-29-28-14-11-24(19-30(28)42(44,45)43(46,47)31(29)20-25)26-13-16-32-33(21-26)50-37(49-32)36-10-8-18-52(36)39(54)56-41(4,5)6/h11-16,19-21,23,35-36H,7-10,17-18,22H2,1-6H3,(H,49,50)/t35?,36-/m0/s1. The molecule has 0 spiro atoms. The fourth-order valence-electron chi connectivity index (χ4n) is 8.23. The Bertz CT molecular complexity index is 2320. The molecular weight excluding hydrogens is 726 g/mol. The highest BCUT2D eigenvalue weighted by molar-refractivity contribution is 6.03. The monoisotopic (exact) mass is 771 g/mol. The van der Waals surface area contributed by atoms with Crippen molar-refractivity contribution in [3.8, 4) is 22.3 Å². The number of fused-ring (bicyclic) bond motifs is 4. The Labute approximate surface area is 322 Å². The van der Waals surface area contributed by atoms with E-state index >= 15 is 17.6 Å². The van der Waals surface area contributed by atoms with Crippen LogP contribution in [0.4, 0.5) is 27.2 Å². The van der Waals surface area contributed by atoms with Gasteiger partial charge in [-0.15, -0.1) is 0 Å². The van der Waals surface area contributed by atoms with E-state index in [2.05, 4.69) is 9.98 Å². The van der Waals surface area contributed by atoms with E-state index in [-0.39, 0.29) is 23.2 Å². The van der Waals surface area contributed by atoms with Gasteiger partial charge in [0.15, 0.2) is 0 Å². The summed E-state index contributed by atoms with van der Waals surface area (Å²) < 4.78 is 75.6. The number of halogens is 4. The summed E-state index contributed by atoms with van der Waals surface area (Å²) in [6.45, 7) is 11.9. The minimum absolute atomic E-state index is 0.0379. The van der Waals surface area contributed by atoms with E-state index in [4.69, 9.17) is 14.5 Å². The van der Waals surface area contributed by atoms with Crippen LogP contribution in [0.15, 0.2) is 65.8 Å². The Morgan fingerprint density at radius 3 is 1.86 bits per heavy atom. The van der Waals surface area contributed by atoms with E-state index in [1.165, 1.54) is 12.1 Å². The Morgan fingerprint density at radius 2 is 1.25 bits per heavy atom. The number of amides is 2. The zero-order chi connectivity index (χ0) is 39.9. The van der Waals surface area contributed by atoms with Crippen LogP contribution in [-0.4, -0.2) is 68.0 Å². The maximum Gasteiger partial charge on any atom is 0.410 e. The third-order valence-corrected chi connectivity index (χ3v) is 10.8. The predicted octanol–water partition coefficient (Wildman–Crippen LogP) is 10.8. The normalized spacial score (nSPS) is 21.5. The SMILES string of the molecule is CC(C)(C)OC(=O)N1CCCC1C1=NC=C(c2ccc3c(c2)C(F)(F)C(F)(F)c2cc(-c4ccc5nc([C@@H]6CCCN6C(=O)OC(C)(C)C)[nH]c5c4)ccc2-3)C1. The van der Waals surface area contributed by atoms with Crippen LogP contribution in [0.2, 0.25) is 0 Å². The van der Waals surface area contributed by atoms with Gasteiger partial charge in [0.2, 0.25) is 0 Å². The lowest BCUT2D eigenvalue weighted by Crippen LogP contribution is -2.43. The number of carbonyl (C=O) groups is 2. The van der Waals surface area contributed by atoms with Crippen molar-refractivity contribution in [3.63, 3.8) is 0 Å². The van der Waals surface area contributed by atoms with Crippen molar-refractivity contribution in [3.05, 3.63) is 83.3 Å². The van der Waals surface area contributed by atoms with Gasteiger partial charge in [-0.2, -0.15) is 17.6 Å². The van der Waals surface area contributed by atoms with Gasteiger partial charge in [-0.25, -0.2) is 14.6 Å². The van der Waals surface area contributed by atoms with Gasteiger partial charge in [0, 0.05) is 42.5 Å². The van der Waals surface area contributed by atoms with E-state index in [1.54, 1.807) is 67.1 Å². The van der Waals surface area contributed by atoms with Gasteiger partial charge >= 0.3 is 24.0 Å². The van der Waals surface area contributed by atoms with Crippen LogP contribution < -0.4 is 0 Å². The van der Waals surface area contributed by atoms with Crippen molar-refractivity contribution in [2.45, 2.75) is 109 Å². The predicted molar refractivity (Wildman–Crippen MR) is 206 cm³/mol. The summed E-state index contributed by atoms with van der Waals surface area (Å²) >= 11 is 0. The van der Waals surface area contributed by atoms with Crippen LogP contribution in [0, 0.1) is 0 Å². The van der Waals surface area contributed by atoms with E-state index < -0.39 is 46.4 Å². The molecule has 2 fully saturated rings. The number of likely N-dealkylation sites (tertiary alicyclic amines) is 2. The maximum absolute atomic E-state index is 16.1. The summed E-state index contributed by atoms with van der Waals surface area (Å²) in [6, 6.07) is 13.2. The molecule has 1 aromatic heterocycles. The van der Waals surface area contributed by atoms with Crippen LogP contribution in [0.5, 0.6) is 0 Å². The number of imidazole rings is 1. The molecule has 3 aromatic carbocycles. The molecule has 3 aliphatic heterocycles. The molecule has 0 bridgehead atoms. The molecule has 2 saturated heterocycles. The molecule has 2 amide bonds. The zero-order valence-corrected chi connectivity index (χ0v) is 32.3. The van der Waals surface area contributed by atoms with Gasteiger partial charge in [-0.3, -0.25) is 14.8 Å². The van der Waals surface area contributed by atoms with E-state index in [0.717, 1.165) is 25.0 Å². The summed E-state index contributed by atoms with van der Waals surface area (Å²) in [4.78, 5) is 41.7. The molecule has 294 valence electrons. The van der Waals surface area contributed by atoms with Crippen LogP contribution in [0.3, 0.4) is 0 Å². The fourth-order valence-corrected chi connectivity index (χ4v) is 8.23. The van der Waals surface area contributed by atoms with Crippen molar-refractivity contribution in [2.75, 3.05) is 13.1 Å². The highest BCUT2D eigenvalue weighted by Crippen LogP contribution is 2.58. The Hall–Kier alpha value is -5.20. The number of aromatic amines is 1. The smallest absolute Gasteiger partial charge is 0.410 e. The molecule has 4 aromatic rings. The van der Waals surface area contributed by atoms with Crippen LogP contribution in [-0.2, 0) is 21.3 Å². The molecule has 8 rings (SSSR count). The van der Waals surface area contributed by atoms with Gasteiger partial charge in [0.1, 0.15) is 17.0 Å². The highest BCUT2D eigenvalue weighted by atomic mass is 19.3. The van der Waals surface area contributed by atoms with Crippen molar-refractivity contribution in [1.82, 2.24) is 19.8 Å². The minimum Gasteiger partial charge on any atom is -0.444 e. The highest BCUT2D eigenvalue weighted by Gasteiger charge is 2.63. The topological polar surface area (TPSA) is 100 Å². The van der Waals surface area contributed by atoms with Gasteiger partial charge in [-0.05, 0) is 125 Å².